The number of hydrogen-bond acceptors (Lipinski definition) is 3. The Kier molecular flexibility index (Phi) is 6.10. The van der Waals surface area contributed by atoms with Gasteiger partial charge in [0.2, 0.25) is 0 Å². The summed E-state index contributed by atoms with van der Waals surface area (Å²) in [7, 11) is 0. The normalized spacial score (nSPS) is 13.3. The van der Waals surface area contributed by atoms with Crippen molar-refractivity contribution in [1.29, 1.82) is 0 Å². The van der Waals surface area contributed by atoms with Crippen molar-refractivity contribution in [2.75, 3.05) is 0 Å². The highest BCUT2D eigenvalue weighted by atomic mass is 35.5. The van der Waals surface area contributed by atoms with Crippen molar-refractivity contribution < 1.29 is 32.6 Å². The lowest BCUT2D eigenvalue weighted by Gasteiger charge is -2.24. The predicted octanol–water partition coefficient (Wildman–Crippen LogP) is 4.40. The zero-order valence-corrected chi connectivity index (χ0v) is 14.0. The van der Waals surface area contributed by atoms with E-state index in [1.807, 2.05) is 0 Å². The zero-order chi connectivity index (χ0) is 18.7. The second kappa shape index (κ2) is 7.29. The van der Waals surface area contributed by atoms with Crippen LogP contribution in [0.1, 0.15) is 44.4 Å². The van der Waals surface area contributed by atoms with Crippen LogP contribution in [0.15, 0.2) is 18.2 Å². The van der Waals surface area contributed by atoms with E-state index >= 15 is 0 Å². The molecule has 1 rings (SSSR count). The summed E-state index contributed by atoms with van der Waals surface area (Å²) in [5, 5.41) is 11.1. The molecule has 0 aliphatic rings. The molecule has 5 nitrogen and oxygen atoms in total. The first-order valence-electron chi connectivity index (χ1n) is 6.87. The summed E-state index contributed by atoms with van der Waals surface area (Å²) in [6, 6.07) is 1.22. The van der Waals surface area contributed by atoms with Gasteiger partial charge in [0.05, 0.1) is 18.0 Å². The molecule has 134 valence electrons. The van der Waals surface area contributed by atoms with Crippen LogP contribution in [-0.2, 0) is 15.7 Å². The number of benzene rings is 1. The van der Waals surface area contributed by atoms with Crippen molar-refractivity contribution in [3.63, 3.8) is 0 Å². The van der Waals surface area contributed by atoms with E-state index in [0.29, 0.717) is 6.07 Å². The number of alkyl halides is 3. The van der Waals surface area contributed by atoms with Crippen LogP contribution in [0, 0.1) is 0 Å². The maximum atomic E-state index is 12.8. The third-order valence-corrected chi connectivity index (χ3v) is 3.11. The molecule has 0 aliphatic heterocycles. The summed E-state index contributed by atoms with van der Waals surface area (Å²) >= 11 is 5.89. The van der Waals surface area contributed by atoms with Crippen LogP contribution in [0.2, 0.25) is 5.02 Å². The number of amides is 1. The summed E-state index contributed by atoms with van der Waals surface area (Å²) in [6.07, 6.45) is -6.23. The van der Waals surface area contributed by atoms with Crippen LogP contribution in [0.5, 0.6) is 0 Å². The molecule has 0 saturated carbocycles. The number of aliphatic carboxylic acids is 1. The molecule has 0 heterocycles. The molecule has 0 aliphatic carbocycles. The van der Waals surface area contributed by atoms with Crippen LogP contribution in [0.4, 0.5) is 18.0 Å². The fourth-order valence-corrected chi connectivity index (χ4v) is 2.10. The SMILES string of the molecule is CC(C)(C)OC(=O)N[C@@H](CC(=O)O)c1cc(C(F)(F)F)ccc1Cl. The average molecular weight is 368 g/mol. The van der Waals surface area contributed by atoms with E-state index in [1.54, 1.807) is 20.8 Å². The van der Waals surface area contributed by atoms with Gasteiger partial charge in [-0.15, -0.1) is 0 Å². The number of rotatable bonds is 4. The molecular formula is C15H17ClF3NO4. The van der Waals surface area contributed by atoms with E-state index in [0.717, 1.165) is 12.1 Å². The number of alkyl carbamates (subject to hydrolysis) is 1. The van der Waals surface area contributed by atoms with Crippen molar-refractivity contribution >= 4 is 23.7 Å². The van der Waals surface area contributed by atoms with E-state index < -0.39 is 41.9 Å². The van der Waals surface area contributed by atoms with Gasteiger partial charge in [-0.2, -0.15) is 13.2 Å². The molecule has 0 aromatic heterocycles. The lowest BCUT2D eigenvalue weighted by Crippen LogP contribution is -2.36. The Hall–Kier alpha value is -1.96. The molecule has 0 unspecified atom stereocenters. The molecule has 1 aromatic rings. The van der Waals surface area contributed by atoms with Gasteiger partial charge in [-0.25, -0.2) is 4.79 Å². The summed E-state index contributed by atoms with van der Waals surface area (Å²) in [6.45, 7) is 4.78. The van der Waals surface area contributed by atoms with Crippen LogP contribution in [-0.4, -0.2) is 22.8 Å². The molecule has 1 aromatic carbocycles. The highest BCUT2D eigenvalue weighted by Gasteiger charge is 2.32. The number of ether oxygens (including phenoxy) is 1. The minimum atomic E-state index is -4.63. The van der Waals surface area contributed by atoms with Crippen molar-refractivity contribution in [1.82, 2.24) is 5.32 Å². The second-order valence-electron chi connectivity index (χ2n) is 6.03. The number of halogens is 4. The van der Waals surface area contributed by atoms with Gasteiger partial charge in [0, 0.05) is 5.02 Å². The monoisotopic (exact) mass is 367 g/mol. The Bertz CT molecular complexity index is 626. The number of nitrogens with one attached hydrogen (secondary N) is 1. The molecule has 24 heavy (non-hydrogen) atoms. The lowest BCUT2D eigenvalue weighted by atomic mass is 10.0. The maximum Gasteiger partial charge on any atom is 0.416 e. The summed E-state index contributed by atoms with van der Waals surface area (Å²) < 4.78 is 43.5. The number of carbonyl (C=O) groups is 2. The molecule has 0 saturated heterocycles. The molecule has 1 atom stereocenters. The molecule has 0 radical (unpaired) electrons. The molecule has 0 bridgehead atoms. The molecule has 2 N–H and O–H groups in total. The molecule has 1 amide bonds. The van der Waals surface area contributed by atoms with Gasteiger partial charge in [0.1, 0.15) is 5.60 Å². The van der Waals surface area contributed by atoms with Crippen molar-refractivity contribution in [2.45, 2.75) is 45.0 Å². The number of hydrogen-bond donors (Lipinski definition) is 2. The Morgan fingerprint density at radius 2 is 1.88 bits per heavy atom. The van der Waals surface area contributed by atoms with E-state index in [2.05, 4.69) is 5.32 Å². The highest BCUT2D eigenvalue weighted by Crippen LogP contribution is 2.34. The average Bonchev–Trinajstić information content (AvgIpc) is 2.34. The molecule has 0 spiro atoms. The first kappa shape index (κ1) is 20.1. The largest absolute Gasteiger partial charge is 0.481 e. The fraction of sp³-hybridized carbons (Fsp3) is 0.467. The standard InChI is InChI=1S/C15H17ClF3NO4/c1-14(2,3)24-13(23)20-11(7-12(21)22)9-6-8(15(17,18)19)4-5-10(9)16/h4-6,11H,7H2,1-3H3,(H,20,23)(H,21,22)/t11-/m0/s1. The summed E-state index contributed by atoms with van der Waals surface area (Å²) in [5.74, 6) is -1.32. The number of carboxylic acids is 1. The molecule has 0 fully saturated rings. The van der Waals surface area contributed by atoms with Crippen LogP contribution < -0.4 is 5.32 Å². The van der Waals surface area contributed by atoms with E-state index in [-0.39, 0.29) is 10.6 Å². The van der Waals surface area contributed by atoms with Gasteiger partial charge in [0.15, 0.2) is 0 Å². The van der Waals surface area contributed by atoms with E-state index in [1.165, 1.54) is 0 Å². The summed E-state index contributed by atoms with van der Waals surface area (Å²) in [5.41, 5.74) is -2.00. The van der Waals surface area contributed by atoms with E-state index in [9.17, 15) is 22.8 Å². The molecule has 9 heteroatoms. The Labute approximate surface area is 141 Å². The topological polar surface area (TPSA) is 75.6 Å². The highest BCUT2D eigenvalue weighted by molar-refractivity contribution is 6.31. The second-order valence-corrected chi connectivity index (χ2v) is 6.44. The first-order chi connectivity index (χ1) is 10.8. The van der Waals surface area contributed by atoms with Crippen LogP contribution in [0.25, 0.3) is 0 Å². The third kappa shape index (κ3) is 6.27. The smallest absolute Gasteiger partial charge is 0.416 e. The maximum absolute atomic E-state index is 12.8. The number of carboxylic acid groups (broad SMARTS) is 1. The van der Waals surface area contributed by atoms with E-state index in [4.69, 9.17) is 21.4 Å². The summed E-state index contributed by atoms with van der Waals surface area (Å²) in [4.78, 5) is 22.8. The minimum absolute atomic E-state index is 0.0923. The Morgan fingerprint density at radius 3 is 2.33 bits per heavy atom. The fourth-order valence-electron chi connectivity index (χ4n) is 1.85. The minimum Gasteiger partial charge on any atom is -0.481 e. The lowest BCUT2D eigenvalue weighted by molar-refractivity contribution is -0.138. The van der Waals surface area contributed by atoms with Gasteiger partial charge < -0.3 is 15.2 Å². The van der Waals surface area contributed by atoms with Gasteiger partial charge in [-0.3, -0.25) is 4.79 Å². The Morgan fingerprint density at radius 1 is 1.29 bits per heavy atom. The number of carbonyl (C=O) groups excluding carboxylic acids is 1. The predicted molar refractivity (Wildman–Crippen MR) is 80.8 cm³/mol. The van der Waals surface area contributed by atoms with Crippen molar-refractivity contribution in [3.8, 4) is 0 Å². The quantitative estimate of drug-likeness (QED) is 0.827. The van der Waals surface area contributed by atoms with Crippen molar-refractivity contribution in [2.24, 2.45) is 0 Å². The van der Waals surface area contributed by atoms with Crippen LogP contribution in [0.3, 0.4) is 0 Å². The van der Waals surface area contributed by atoms with Crippen molar-refractivity contribution in [3.05, 3.63) is 34.3 Å². The Balaban J connectivity index is 3.16. The van der Waals surface area contributed by atoms with Gasteiger partial charge in [-0.1, -0.05) is 11.6 Å². The van der Waals surface area contributed by atoms with Gasteiger partial charge in [-0.05, 0) is 44.5 Å². The first-order valence-corrected chi connectivity index (χ1v) is 7.25. The zero-order valence-electron chi connectivity index (χ0n) is 13.2. The molecular weight excluding hydrogens is 351 g/mol. The third-order valence-electron chi connectivity index (χ3n) is 2.77. The van der Waals surface area contributed by atoms with Gasteiger partial charge >= 0.3 is 18.2 Å². The van der Waals surface area contributed by atoms with Gasteiger partial charge in [0.25, 0.3) is 0 Å². The van der Waals surface area contributed by atoms with Crippen LogP contribution >= 0.6 is 11.6 Å².